The average molecular weight is 449 g/mol. The Hall–Kier alpha value is -4.14. The second kappa shape index (κ2) is 8.09. The number of hydrogen-bond donors (Lipinski definition) is 2. The number of alkyl halides is 3. The van der Waals surface area contributed by atoms with E-state index in [1.54, 1.807) is 18.6 Å². The zero-order chi connectivity index (χ0) is 23.0. The predicted octanol–water partition coefficient (Wildman–Crippen LogP) is 6.27. The van der Waals surface area contributed by atoms with Crippen molar-refractivity contribution >= 4 is 22.7 Å². The van der Waals surface area contributed by atoms with Crippen LogP contribution >= 0.6 is 0 Å². The van der Waals surface area contributed by atoms with Gasteiger partial charge in [0.15, 0.2) is 5.76 Å². The molecule has 166 valence electrons. The van der Waals surface area contributed by atoms with E-state index in [0.717, 1.165) is 45.5 Å². The fourth-order valence-corrected chi connectivity index (χ4v) is 3.53. The lowest BCUT2D eigenvalue weighted by Gasteiger charge is -2.06. The molecular weight excluding hydrogens is 431 g/mol. The number of nitrogens with zero attached hydrogens (tertiary/aromatic N) is 3. The molecule has 0 spiro atoms. The molecule has 2 aromatic carbocycles. The predicted molar refractivity (Wildman–Crippen MR) is 118 cm³/mol. The van der Waals surface area contributed by atoms with Gasteiger partial charge in [-0.3, -0.25) is 4.98 Å². The van der Waals surface area contributed by atoms with E-state index < -0.39 is 11.7 Å². The van der Waals surface area contributed by atoms with E-state index in [1.165, 1.54) is 12.1 Å². The minimum Gasteiger partial charge on any atom is -0.423 e. The molecule has 5 aromatic rings. The summed E-state index contributed by atoms with van der Waals surface area (Å²) in [6.45, 7) is 1.94. The van der Waals surface area contributed by atoms with Crippen LogP contribution in [0.5, 0.6) is 0 Å². The lowest BCUT2D eigenvalue weighted by Crippen LogP contribution is -2.04. The standard InChI is InChI=1S/C24H18F3N5O/c1-14-10-19-20(31-22(30-19)11-15-2-4-17(5-3-15)24(25,26)27)12-18(14)32-23-29-13-21(33-23)16-6-8-28-9-7-16/h2-10,12-13H,11H2,1H3,(H,29,32)(H,30,31). The number of H-pyrrole nitrogens is 1. The summed E-state index contributed by atoms with van der Waals surface area (Å²) in [6, 6.07) is 13.0. The molecule has 33 heavy (non-hydrogen) atoms. The summed E-state index contributed by atoms with van der Waals surface area (Å²) in [4.78, 5) is 16.1. The molecule has 9 heteroatoms. The Morgan fingerprint density at radius 2 is 1.79 bits per heavy atom. The molecule has 0 atom stereocenters. The van der Waals surface area contributed by atoms with Crippen LogP contribution in [0.3, 0.4) is 0 Å². The van der Waals surface area contributed by atoms with Crippen LogP contribution in [0, 0.1) is 6.92 Å². The molecule has 0 saturated heterocycles. The van der Waals surface area contributed by atoms with Crippen molar-refractivity contribution < 1.29 is 17.6 Å². The number of halogens is 3. The molecule has 6 nitrogen and oxygen atoms in total. The first-order valence-corrected chi connectivity index (χ1v) is 10.1. The monoisotopic (exact) mass is 449 g/mol. The number of pyridine rings is 1. The first kappa shape index (κ1) is 20.7. The third kappa shape index (κ3) is 4.43. The van der Waals surface area contributed by atoms with Crippen molar-refractivity contribution in [2.24, 2.45) is 0 Å². The van der Waals surface area contributed by atoms with Crippen LogP contribution in [0.25, 0.3) is 22.4 Å². The largest absolute Gasteiger partial charge is 0.423 e. The second-order valence-electron chi connectivity index (χ2n) is 7.63. The number of rotatable bonds is 5. The van der Waals surface area contributed by atoms with Crippen molar-refractivity contribution in [1.29, 1.82) is 0 Å². The summed E-state index contributed by atoms with van der Waals surface area (Å²) < 4.78 is 44.1. The molecule has 2 N–H and O–H groups in total. The number of benzene rings is 2. The Morgan fingerprint density at radius 1 is 1.03 bits per heavy atom. The van der Waals surface area contributed by atoms with E-state index in [4.69, 9.17) is 4.42 Å². The number of oxazole rings is 1. The summed E-state index contributed by atoms with van der Waals surface area (Å²) in [5, 5.41) is 3.19. The lowest BCUT2D eigenvalue weighted by atomic mass is 10.1. The number of fused-ring (bicyclic) bond motifs is 1. The van der Waals surface area contributed by atoms with Crippen LogP contribution < -0.4 is 5.32 Å². The topological polar surface area (TPSA) is 79.6 Å². The molecule has 3 heterocycles. The van der Waals surface area contributed by atoms with Gasteiger partial charge in [0.05, 0.1) is 22.8 Å². The highest BCUT2D eigenvalue weighted by Crippen LogP contribution is 2.30. The summed E-state index contributed by atoms with van der Waals surface area (Å²) in [5.41, 5.74) is 4.26. The maximum Gasteiger partial charge on any atom is 0.416 e. The molecule has 3 aromatic heterocycles. The van der Waals surface area contributed by atoms with Gasteiger partial charge in [-0.2, -0.15) is 13.2 Å². The van der Waals surface area contributed by atoms with Crippen molar-refractivity contribution in [1.82, 2.24) is 19.9 Å². The quantitative estimate of drug-likeness (QED) is 0.330. The fraction of sp³-hybridized carbons (Fsp3) is 0.125. The third-order valence-electron chi connectivity index (χ3n) is 5.24. The molecule has 0 unspecified atom stereocenters. The summed E-state index contributed by atoms with van der Waals surface area (Å²) in [7, 11) is 0. The number of imidazole rings is 1. The first-order chi connectivity index (χ1) is 15.8. The molecule has 0 fully saturated rings. The van der Waals surface area contributed by atoms with Gasteiger partial charge < -0.3 is 14.7 Å². The van der Waals surface area contributed by atoms with Crippen LogP contribution in [0.2, 0.25) is 0 Å². The van der Waals surface area contributed by atoms with Crippen molar-refractivity contribution in [2.45, 2.75) is 19.5 Å². The Balaban J connectivity index is 1.35. The highest BCUT2D eigenvalue weighted by atomic mass is 19.4. The maximum atomic E-state index is 12.8. The van der Waals surface area contributed by atoms with Gasteiger partial charge in [0.1, 0.15) is 5.82 Å². The number of aryl methyl sites for hydroxylation is 1. The first-order valence-electron chi connectivity index (χ1n) is 10.1. The van der Waals surface area contributed by atoms with Gasteiger partial charge in [-0.1, -0.05) is 12.1 Å². The van der Waals surface area contributed by atoms with Crippen LogP contribution in [0.15, 0.2) is 71.5 Å². The second-order valence-corrected chi connectivity index (χ2v) is 7.63. The third-order valence-corrected chi connectivity index (χ3v) is 5.24. The van der Waals surface area contributed by atoms with Gasteiger partial charge in [-0.25, -0.2) is 9.97 Å². The van der Waals surface area contributed by atoms with Crippen LogP contribution in [0.1, 0.15) is 22.5 Å². The van der Waals surface area contributed by atoms with E-state index >= 15 is 0 Å². The van der Waals surface area contributed by atoms with Gasteiger partial charge in [-0.05, 0) is 54.4 Å². The van der Waals surface area contributed by atoms with E-state index in [2.05, 4.69) is 25.3 Å². The Labute approximate surface area is 186 Å². The zero-order valence-corrected chi connectivity index (χ0v) is 17.4. The highest BCUT2D eigenvalue weighted by Gasteiger charge is 2.29. The van der Waals surface area contributed by atoms with Crippen LogP contribution in [-0.4, -0.2) is 19.9 Å². The van der Waals surface area contributed by atoms with Crippen LogP contribution in [0.4, 0.5) is 24.9 Å². The summed E-state index contributed by atoms with van der Waals surface area (Å²) in [6.07, 6.45) is 1.06. The van der Waals surface area contributed by atoms with Crippen molar-refractivity contribution in [3.63, 3.8) is 0 Å². The van der Waals surface area contributed by atoms with Crippen molar-refractivity contribution in [2.75, 3.05) is 5.32 Å². The van der Waals surface area contributed by atoms with E-state index in [9.17, 15) is 13.2 Å². The normalized spacial score (nSPS) is 11.8. The van der Waals surface area contributed by atoms with Gasteiger partial charge in [-0.15, -0.1) is 0 Å². The Bertz CT molecular complexity index is 1410. The fourth-order valence-electron chi connectivity index (χ4n) is 3.53. The lowest BCUT2D eigenvalue weighted by molar-refractivity contribution is -0.137. The maximum absolute atomic E-state index is 12.8. The molecular formula is C24H18F3N5O. The Morgan fingerprint density at radius 3 is 2.52 bits per heavy atom. The Kier molecular flexibility index (Phi) is 5.08. The van der Waals surface area contributed by atoms with Crippen molar-refractivity contribution in [3.05, 3.63) is 89.6 Å². The number of hydrogen-bond acceptors (Lipinski definition) is 5. The van der Waals surface area contributed by atoms with Gasteiger partial charge >= 0.3 is 6.18 Å². The minimum atomic E-state index is -4.35. The van der Waals surface area contributed by atoms with Gasteiger partial charge in [0.2, 0.25) is 0 Å². The van der Waals surface area contributed by atoms with Crippen molar-refractivity contribution in [3.8, 4) is 11.3 Å². The van der Waals surface area contributed by atoms with E-state index in [-0.39, 0.29) is 0 Å². The highest BCUT2D eigenvalue weighted by molar-refractivity contribution is 5.82. The van der Waals surface area contributed by atoms with E-state index in [1.807, 2.05) is 31.2 Å². The minimum absolute atomic E-state index is 0.355. The zero-order valence-electron chi connectivity index (χ0n) is 17.4. The molecule has 0 saturated carbocycles. The number of aromatic nitrogens is 4. The molecule has 0 aliphatic heterocycles. The number of aromatic amines is 1. The summed E-state index contributed by atoms with van der Waals surface area (Å²) >= 11 is 0. The average Bonchev–Trinajstić information content (AvgIpc) is 3.41. The van der Waals surface area contributed by atoms with Crippen LogP contribution in [-0.2, 0) is 12.6 Å². The summed E-state index contributed by atoms with van der Waals surface area (Å²) in [5.74, 6) is 1.29. The van der Waals surface area contributed by atoms with E-state index in [0.29, 0.717) is 24.0 Å². The molecule has 0 amide bonds. The SMILES string of the molecule is Cc1cc2nc(Cc3ccc(C(F)(F)F)cc3)[nH]c2cc1Nc1ncc(-c2ccncc2)o1. The van der Waals surface area contributed by atoms with Gasteiger partial charge in [0, 0.05) is 30.1 Å². The molecule has 0 radical (unpaired) electrons. The van der Waals surface area contributed by atoms with Gasteiger partial charge in [0.25, 0.3) is 6.01 Å². The molecule has 5 rings (SSSR count). The molecule has 0 bridgehead atoms. The smallest absolute Gasteiger partial charge is 0.416 e. The molecule has 0 aliphatic carbocycles. The molecule has 0 aliphatic rings. The number of anilines is 2. The number of nitrogens with one attached hydrogen (secondary N) is 2.